The Hall–Kier alpha value is -4.86. The number of halogens is 2. The largest absolute Gasteiger partial charge is 0.507 e. The van der Waals surface area contributed by atoms with Gasteiger partial charge in [-0.1, -0.05) is 83.4 Å². The molecule has 3 N–H and O–H groups in total. The first-order chi connectivity index (χ1) is 23.1. The lowest BCUT2D eigenvalue weighted by atomic mass is 9.49. The van der Waals surface area contributed by atoms with E-state index in [1.54, 1.807) is 55.6 Å². The van der Waals surface area contributed by atoms with Gasteiger partial charge < -0.3 is 9.84 Å². The molecule has 0 bridgehead atoms. The molecule has 11 heteroatoms. The Bertz CT molecular complexity index is 2100. The summed E-state index contributed by atoms with van der Waals surface area (Å²) >= 11 is 12.6. The predicted octanol–water partition coefficient (Wildman–Crippen LogP) is 6.13. The van der Waals surface area contributed by atoms with Gasteiger partial charge in [0.05, 0.1) is 41.0 Å². The quantitative estimate of drug-likeness (QED) is 0.171. The van der Waals surface area contributed by atoms with E-state index in [9.17, 15) is 19.5 Å². The van der Waals surface area contributed by atoms with Crippen molar-refractivity contribution in [1.82, 2.24) is 10.3 Å². The van der Waals surface area contributed by atoms with Crippen LogP contribution in [-0.4, -0.2) is 40.9 Å². The van der Waals surface area contributed by atoms with E-state index in [4.69, 9.17) is 27.9 Å². The molecule has 9 nitrogen and oxygen atoms in total. The number of anilines is 1. The van der Waals surface area contributed by atoms with E-state index in [2.05, 4.69) is 10.7 Å². The van der Waals surface area contributed by atoms with Crippen LogP contribution in [0.4, 0.5) is 5.69 Å². The zero-order valence-corrected chi connectivity index (χ0v) is 27.1. The van der Waals surface area contributed by atoms with Gasteiger partial charge in [-0.25, -0.2) is 0 Å². The fourth-order valence-electron chi connectivity index (χ4n) is 8.60. The number of imide groups is 2. The number of nitrogens with zero attached hydrogens (tertiary/aromatic N) is 1. The third-order valence-electron chi connectivity index (χ3n) is 10.7. The number of carbonyl (C=O) groups excluding carboxylic acids is 4. The number of carbonyl (C=O) groups is 4. The van der Waals surface area contributed by atoms with Crippen LogP contribution in [0, 0.1) is 23.7 Å². The number of fused-ring (bicyclic) bond motifs is 5. The van der Waals surface area contributed by atoms with E-state index in [1.807, 2.05) is 30.3 Å². The Labute approximate surface area is 285 Å². The van der Waals surface area contributed by atoms with Gasteiger partial charge in [0.2, 0.25) is 11.8 Å². The zero-order chi connectivity index (χ0) is 33.5. The maximum atomic E-state index is 15.3. The summed E-state index contributed by atoms with van der Waals surface area (Å²) in [4.78, 5) is 56.2. The van der Waals surface area contributed by atoms with Crippen molar-refractivity contribution in [2.75, 3.05) is 12.5 Å². The van der Waals surface area contributed by atoms with Crippen LogP contribution in [0.25, 0.3) is 10.8 Å². The molecule has 4 aliphatic rings. The van der Waals surface area contributed by atoms with E-state index < -0.39 is 52.7 Å². The van der Waals surface area contributed by atoms with Gasteiger partial charge in [0.15, 0.2) is 0 Å². The molecule has 6 atom stereocenters. The van der Waals surface area contributed by atoms with Crippen molar-refractivity contribution in [3.63, 3.8) is 0 Å². The van der Waals surface area contributed by atoms with Gasteiger partial charge in [-0.15, -0.1) is 0 Å². The number of rotatable bonds is 5. The number of hydrogen-bond donors (Lipinski definition) is 3. The lowest BCUT2D eigenvalue weighted by Crippen LogP contribution is -2.53. The minimum atomic E-state index is -1.57. The van der Waals surface area contributed by atoms with Gasteiger partial charge in [0, 0.05) is 21.9 Å². The molecule has 0 spiro atoms. The Kier molecular flexibility index (Phi) is 7.05. The van der Waals surface area contributed by atoms with Crippen molar-refractivity contribution in [2.45, 2.75) is 24.2 Å². The highest BCUT2D eigenvalue weighted by molar-refractivity contribution is 6.36. The van der Waals surface area contributed by atoms with E-state index in [1.165, 1.54) is 6.07 Å². The topological polar surface area (TPSA) is 125 Å². The van der Waals surface area contributed by atoms with Gasteiger partial charge in [-0.05, 0) is 60.0 Å². The van der Waals surface area contributed by atoms with Crippen molar-refractivity contribution in [2.24, 2.45) is 23.7 Å². The summed E-state index contributed by atoms with van der Waals surface area (Å²) in [7, 11) is 1.54. The SMILES string of the molecule is COc1ccc([C@@]23C(=O)N(Nc4ccc(Cl)cc4Cl)C(=O)[C@@H]2C[C@@H]2C(=CC[C@@H]4C(=O)NC(=O)[C@@H]42)[C@@H]3c2ccc3ccccc3c2O)cc1. The van der Waals surface area contributed by atoms with Gasteiger partial charge in [0.25, 0.3) is 11.8 Å². The number of aromatic hydroxyl groups is 1. The van der Waals surface area contributed by atoms with Crippen LogP contribution in [0.2, 0.25) is 10.0 Å². The number of methoxy groups -OCH3 is 1. The monoisotopic (exact) mass is 681 g/mol. The molecular formula is C37H29Cl2N3O6. The maximum absolute atomic E-state index is 15.3. The number of phenolic OH excluding ortho intramolecular Hbond substituents is 1. The lowest BCUT2D eigenvalue weighted by molar-refractivity contribution is -0.138. The van der Waals surface area contributed by atoms with Crippen molar-refractivity contribution in [1.29, 1.82) is 0 Å². The summed E-state index contributed by atoms with van der Waals surface area (Å²) in [5, 5.41) is 17.5. The number of hydrazine groups is 1. The van der Waals surface area contributed by atoms with Crippen molar-refractivity contribution >= 4 is 63.3 Å². The smallest absolute Gasteiger partial charge is 0.260 e. The summed E-state index contributed by atoms with van der Waals surface area (Å²) < 4.78 is 5.44. The summed E-state index contributed by atoms with van der Waals surface area (Å²) in [6.07, 6.45) is 2.35. The number of benzene rings is 4. The summed E-state index contributed by atoms with van der Waals surface area (Å²) in [5.41, 5.74) is 3.44. The Balaban J connectivity index is 1.40. The minimum Gasteiger partial charge on any atom is -0.507 e. The summed E-state index contributed by atoms with van der Waals surface area (Å²) in [6.45, 7) is 0. The maximum Gasteiger partial charge on any atom is 0.260 e. The van der Waals surface area contributed by atoms with Crippen LogP contribution < -0.4 is 15.5 Å². The molecule has 2 saturated heterocycles. The molecule has 48 heavy (non-hydrogen) atoms. The second kappa shape index (κ2) is 11.1. The molecule has 3 fully saturated rings. The van der Waals surface area contributed by atoms with Crippen molar-refractivity contribution in [3.05, 3.63) is 112 Å². The van der Waals surface area contributed by atoms with Gasteiger partial charge in [0.1, 0.15) is 11.5 Å². The van der Waals surface area contributed by atoms with E-state index in [0.717, 1.165) is 16.0 Å². The standard InChI is InChI=1S/C37H29Cl2N3O6/c1-48-21-10-7-19(8-11-21)37-27(35(46)42(36(37)47)41-29-15-9-20(38)16-28(29)39)17-26-23(13-14-24-30(26)34(45)40-33(24)44)31(37)25-12-6-18-4-2-3-5-22(18)32(25)43/h2-13,15-16,24,26-27,30-31,41,43H,14,17H2,1H3,(H,40,44,45)/t24-,26+,27-,30-,31+,37+/m0/s1. The molecule has 4 amide bonds. The van der Waals surface area contributed by atoms with Crippen LogP contribution in [0.1, 0.15) is 29.9 Å². The number of allylic oxidation sites excluding steroid dienone is 2. The Morgan fingerprint density at radius 1 is 0.938 bits per heavy atom. The van der Waals surface area contributed by atoms with Crippen LogP contribution in [0.3, 0.4) is 0 Å². The van der Waals surface area contributed by atoms with E-state index in [-0.39, 0.29) is 29.5 Å². The van der Waals surface area contributed by atoms with Crippen molar-refractivity contribution < 1.29 is 29.0 Å². The molecule has 2 aliphatic carbocycles. The van der Waals surface area contributed by atoms with Crippen LogP contribution in [0.15, 0.2) is 90.5 Å². The van der Waals surface area contributed by atoms with Gasteiger partial charge in [-0.3, -0.25) is 29.9 Å². The Morgan fingerprint density at radius 3 is 2.46 bits per heavy atom. The van der Waals surface area contributed by atoms with Crippen LogP contribution >= 0.6 is 23.2 Å². The predicted molar refractivity (Wildman–Crippen MR) is 179 cm³/mol. The minimum absolute atomic E-state index is 0.0206. The summed E-state index contributed by atoms with van der Waals surface area (Å²) in [6, 6.07) is 22.8. The highest BCUT2D eigenvalue weighted by Crippen LogP contribution is 2.65. The first-order valence-corrected chi connectivity index (χ1v) is 16.4. The Morgan fingerprint density at radius 2 is 1.71 bits per heavy atom. The average molecular weight is 683 g/mol. The molecule has 0 aromatic heterocycles. The molecule has 4 aromatic rings. The molecule has 8 rings (SSSR count). The average Bonchev–Trinajstić information content (AvgIpc) is 3.50. The van der Waals surface area contributed by atoms with Gasteiger partial charge >= 0.3 is 0 Å². The van der Waals surface area contributed by atoms with Gasteiger partial charge in [-0.2, -0.15) is 5.01 Å². The number of hydrogen-bond acceptors (Lipinski definition) is 7. The first kappa shape index (κ1) is 30.5. The number of amides is 4. The van der Waals surface area contributed by atoms with Crippen LogP contribution in [-0.2, 0) is 24.6 Å². The number of nitrogens with one attached hydrogen (secondary N) is 2. The van der Waals surface area contributed by atoms with E-state index in [0.29, 0.717) is 33.0 Å². The van der Waals surface area contributed by atoms with Crippen LogP contribution in [0.5, 0.6) is 11.5 Å². The normalized spacial score (nSPS) is 27.7. The molecule has 1 saturated carbocycles. The highest BCUT2D eigenvalue weighted by atomic mass is 35.5. The molecule has 2 heterocycles. The molecule has 242 valence electrons. The van der Waals surface area contributed by atoms with Crippen molar-refractivity contribution in [3.8, 4) is 11.5 Å². The highest BCUT2D eigenvalue weighted by Gasteiger charge is 2.70. The fraction of sp³-hybridized carbons (Fsp3) is 0.243. The first-order valence-electron chi connectivity index (χ1n) is 15.6. The molecule has 0 radical (unpaired) electrons. The zero-order valence-electron chi connectivity index (χ0n) is 25.6. The second-order valence-electron chi connectivity index (χ2n) is 12.8. The molecule has 4 aromatic carbocycles. The second-order valence-corrected chi connectivity index (χ2v) is 13.6. The summed E-state index contributed by atoms with van der Waals surface area (Å²) in [5.74, 6) is -4.96. The number of ether oxygens (including phenoxy) is 1. The molecular weight excluding hydrogens is 653 g/mol. The third-order valence-corrected chi connectivity index (χ3v) is 11.2. The van der Waals surface area contributed by atoms with E-state index >= 15 is 4.79 Å². The fourth-order valence-corrected chi connectivity index (χ4v) is 9.05. The third kappa shape index (κ3) is 4.23. The number of phenols is 1. The molecule has 0 unspecified atom stereocenters. The molecule has 2 aliphatic heterocycles. The lowest BCUT2D eigenvalue weighted by Gasteiger charge is -2.50.